The quantitative estimate of drug-likeness (QED) is 0.707. The molecule has 0 saturated heterocycles. The number of benzene rings is 2. The van der Waals surface area contributed by atoms with Crippen LogP contribution in [0.15, 0.2) is 53.9 Å². The lowest BCUT2D eigenvalue weighted by Crippen LogP contribution is -2.23. The number of carbonyl (C=O) groups is 1. The predicted molar refractivity (Wildman–Crippen MR) is 102 cm³/mol. The summed E-state index contributed by atoms with van der Waals surface area (Å²) in [7, 11) is 0. The summed E-state index contributed by atoms with van der Waals surface area (Å²) in [6, 6.07) is 17.9. The molecule has 7 heteroatoms. The summed E-state index contributed by atoms with van der Waals surface area (Å²) in [5.41, 5.74) is 2.42. The molecule has 0 aliphatic carbocycles. The fraction of sp³-hybridized carbons (Fsp3) is 0.100. The predicted octanol–water partition coefficient (Wildman–Crippen LogP) is 3.71. The number of aromatic hydroxyl groups is 1. The Labute approximate surface area is 160 Å². The zero-order valence-electron chi connectivity index (χ0n) is 14.1. The minimum atomic E-state index is -0.940. The molecule has 2 aromatic carbocycles. The fourth-order valence-corrected chi connectivity index (χ4v) is 3.22. The van der Waals surface area contributed by atoms with Gasteiger partial charge in [0.05, 0.1) is 17.3 Å². The Morgan fingerprint density at radius 1 is 1.22 bits per heavy atom. The van der Waals surface area contributed by atoms with E-state index < -0.39 is 11.8 Å². The van der Waals surface area contributed by atoms with E-state index in [4.69, 9.17) is 5.26 Å². The summed E-state index contributed by atoms with van der Waals surface area (Å²) in [6.07, 6.45) is 0.133. The van der Waals surface area contributed by atoms with Crippen LogP contribution in [-0.4, -0.2) is 16.0 Å². The van der Waals surface area contributed by atoms with Crippen LogP contribution < -0.4 is 5.32 Å². The fourth-order valence-electron chi connectivity index (χ4n) is 2.50. The number of hydrogen-bond acceptors (Lipinski definition) is 6. The molecule has 132 valence electrons. The van der Waals surface area contributed by atoms with Gasteiger partial charge in [0, 0.05) is 10.9 Å². The van der Waals surface area contributed by atoms with Gasteiger partial charge in [-0.3, -0.25) is 4.79 Å². The number of nitriles is 2. The lowest BCUT2D eigenvalue weighted by molar-refractivity contribution is -0.118. The first kappa shape index (κ1) is 18.1. The highest BCUT2D eigenvalue weighted by Crippen LogP contribution is 2.25. The van der Waals surface area contributed by atoms with Gasteiger partial charge >= 0.3 is 0 Å². The van der Waals surface area contributed by atoms with E-state index in [1.807, 2.05) is 47.9 Å². The molecular weight excluding hydrogens is 360 g/mol. The molecule has 0 bridgehead atoms. The first-order chi connectivity index (χ1) is 13.1. The Morgan fingerprint density at radius 2 is 2.00 bits per heavy atom. The monoisotopic (exact) mass is 374 g/mol. The van der Waals surface area contributed by atoms with Crippen molar-refractivity contribution in [3.63, 3.8) is 0 Å². The molecule has 0 spiro atoms. The number of anilines is 1. The maximum atomic E-state index is 12.4. The van der Waals surface area contributed by atoms with Crippen LogP contribution in [0.1, 0.15) is 11.1 Å². The van der Waals surface area contributed by atoms with Gasteiger partial charge in [0.1, 0.15) is 17.7 Å². The molecule has 1 atom stereocenters. The Balaban J connectivity index is 1.70. The van der Waals surface area contributed by atoms with Gasteiger partial charge in [-0.05, 0) is 24.1 Å². The van der Waals surface area contributed by atoms with Crippen LogP contribution in [-0.2, 0) is 11.2 Å². The average Bonchev–Trinajstić information content (AvgIpc) is 3.16. The second-order valence-electron chi connectivity index (χ2n) is 5.74. The van der Waals surface area contributed by atoms with Crippen molar-refractivity contribution in [2.24, 2.45) is 5.92 Å². The molecule has 1 unspecified atom stereocenters. The first-order valence-electron chi connectivity index (χ1n) is 8.04. The van der Waals surface area contributed by atoms with E-state index in [9.17, 15) is 15.2 Å². The van der Waals surface area contributed by atoms with Crippen molar-refractivity contribution in [3.05, 3.63) is 65.0 Å². The van der Waals surface area contributed by atoms with Gasteiger partial charge in [-0.25, -0.2) is 4.98 Å². The zero-order chi connectivity index (χ0) is 19.2. The number of rotatable bonds is 5. The Bertz CT molecular complexity index is 1050. The number of thiazole rings is 1. The molecule has 0 aliphatic rings. The van der Waals surface area contributed by atoms with E-state index in [2.05, 4.69) is 10.3 Å². The van der Waals surface area contributed by atoms with Gasteiger partial charge in [-0.1, -0.05) is 36.4 Å². The summed E-state index contributed by atoms with van der Waals surface area (Å²) in [5, 5.41) is 32.8. The van der Waals surface area contributed by atoms with E-state index in [0.717, 1.165) is 11.3 Å². The van der Waals surface area contributed by atoms with Crippen LogP contribution in [0, 0.1) is 28.6 Å². The van der Waals surface area contributed by atoms with Gasteiger partial charge in [0.15, 0.2) is 5.13 Å². The number of amides is 1. The van der Waals surface area contributed by atoms with Crippen molar-refractivity contribution in [2.45, 2.75) is 6.42 Å². The number of carbonyl (C=O) groups excluding carboxylic acids is 1. The Hall–Kier alpha value is -3.68. The molecular formula is C20H14N4O2S. The van der Waals surface area contributed by atoms with Crippen LogP contribution in [0.5, 0.6) is 5.75 Å². The van der Waals surface area contributed by atoms with Crippen molar-refractivity contribution in [3.8, 4) is 29.1 Å². The number of phenolic OH excluding ortho intramolecular Hbond substituents is 1. The number of phenols is 1. The van der Waals surface area contributed by atoms with E-state index >= 15 is 0 Å². The number of nitrogens with one attached hydrogen (secondary N) is 1. The highest BCUT2D eigenvalue weighted by atomic mass is 32.1. The van der Waals surface area contributed by atoms with E-state index in [1.165, 1.54) is 23.5 Å². The third-order valence-electron chi connectivity index (χ3n) is 3.90. The average molecular weight is 374 g/mol. The largest absolute Gasteiger partial charge is 0.507 e. The zero-order valence-corrected chi connectivity index (χ0v) is 14.9. The van der Waals surface area contributed by atoms with Crippen LogP contribution in [0.3, 0.4) is 0 Å². The third-order valence-corrected chi connectivity index (χ3v) is 4.66. The van der Waals surface area contributed by atoms with Gasteiger partial charge < -0.3 is 10.4 Å². The molecule has 3 aromatic rings. The first-order valence-corrected chi connectivity index (χ1v) is 8.92. The lowest BCUT2D eigenvalue weighted by atomic mass is 9.98. The van der Waals surface area contributed by atoms with Crippen molar-refractivity contribution in [2.75, 3.05) is 5.32 Å². The molecule has 2 N–H and O–H groups in total. The van der Waals surface area contributed by atoms with E-state index in [-0.39, 0.29) is 17.7 Å². The smallest absolute Gasteiger partial charge is 0.243 e. The summed E-state index contributed by atoms with van der Waals surface area (Å²) in [6.45, 7) is 0. The van der Waals surface area contributed by atoms with Crippen LogP contribution >= 0.6 is 11.3 Å². The Kier molecular flexibility index (Phi) is 5.46. The maximum Gasteiger partial charge on any atom is 0.243 e. The molecule has 0 fully saturated rings. The highest BCUT2D eigenvalue weighted by Gasteiger charge is 2.20. The summed E-state index contributed by atoms with van der Waals surface area (Å²) < 4.78 is 0. The standard InChI is InChI=1S/C20H14N4O2S/c21-10-15-8-13(6-7-18(15)25)9-16(11-22)19(26)24-20-23-17(12-27-20)14-4-2-1-3-5-14/h1-8,12,16,25H,9H2,(H,23,24,26). The number of aromatic nitrogens is 1. The van der Waals surface area contributed by atoms with Crippen LogP contribution in [0.4, 0.5) is 5.13 Å². The molecule has 27 heavy (non-hydrogen) atoms. The normalized spacial score (nSPS) is 11.2. The molecule has 3 rings (SSSR count). The summed E-state index contributed by atoms with van der Waals surface area (Å²) >= 11 is 1.29. The maximum absolute atomic E-state index is 12.4. The molecule has 0 aliphatic heterocycles. The van der Waals surface area contributed by atoms with Gasteiger partial charge in [0.2, 0.25) is 5.91 Å². The number of nitrogens with zero attached hydrogens (tertiary/aromatic N) is 3. The van der Waals surface area contributed by atoms with Gasteiger partial charge in [-0.2, -0.15) is 10.5 Å². The lowest BCUT2D eigenvalue weighted by Gasteiger charge is -2.09. The molecule has 1 aromatic heterocycles. The summed E-state index contributed by atoms with van der Waals surface area (Å²) in [5.74, 6) is -1.53. The minimum Gasteiger partial charge on any atom is -0.507 e. The van der Waals surface area contributed by atoms with E-state index in [1.54, 1.807) is 6.07 Å². The SMILES string of the molecule is N#Cc1cc(CC(C#N)C(=O)Nc2nc(-c3ccccc3)cs2)ccc1O. The van der Waals surface area contributed by atoms with Crippen molar-refractivity contribution >= 4 is 22.4 Å². The summed E-state index contributed by atoms with van der Waals surface area (Å²) in [4.78, 5) is 16.8. The van der Waals surface area contributed by atoms with E-state index in [0.29, 0.717) is 10.7 Å². The molecule has 1 heterocycles. The molecule has 6 nitrogen and oxygen atoms in total. The minimum absolute atomic E-state index is 0.108. The van der Waals surface area contributed by atoms with Crippen LogP contribution in [0.25, 0.3) is 11.3 Å². The second kappa shape index (κ2) is 8.13. The van der Waals surface area contributed by atoms with Crippen molar-refractivity contribution in [1.82, 2.24) is 4.98 Å². The van der Waals surface area contributed by atoms with Crippen molar-refractivity contribution in [1.29, 1.82) is 10.5 Å². The number of hydrogen-bond donors (Lipinski definition) is 2. The van der Waals surface area contributed by atoms with Crippen LogP contribution in [0.2, 0.25) is 0 Å². The highest BCUT2D eigenvalue weighted by molar-refractivity contribution is 7.14. The van der Waals surface area contributed by atoms with Gasteiger partial charge in [-0.15, -0.1) is 11.3 Å². The molecule has 1 amide bonds. The van der Waals surface area contributed by atoms with Gasteiger partial charge in [0.25, 0.3) is 0 Å². The topological polar surface area (TPSA) is 110 Å². The third kappa shape index (κ3) is 4.30. The molecule has 0 radical (unpaired) electrons. The van der Waals surface area contributed by atoms with Crippen molar-refractivity contribution < 1.29 is 9.90 Å². The second-order valence-corrected chi connectivity index (χ2v) is 6.60. The Morgan fingerprint density at radius 3 is 2.70 bits per heavy atom. The molecule has 0 saturated carbocycles.